The molecule has 1 aromatic rings. The predicted molar refractivity (Wildman–Crippen MR) is 80.9 cm³/mol. The third-order valence-corrected chi connectivity index (χ3v) is 3.10. The molecule has 0 saturated carbocycles. The lowest BCUT2D eigenvalue weighted by molar-refractivity contribution is 0.194. The fraction of sp³-hybridized carbons (Fsp3) is 0.562. The highest BCUT2D eigenvalue weighted by Crippen LogP contribution is 2.35. The third kappa shape index (κ3) is 4.14. The average Bonchev–Trinajstić information content (AvgIpc) is 2.41. The second-order valence-electron chi connectivity index (χ2n) is 5.32. The Morgan fingerprint density at radius 3 is 2.55 bits per heavy atom. The van der Waals surface area contributed by atoms with Gasteiger partial charge in [0.15, 0.2) is 0 Å². The molecule has 0 saturated heterocycles. The molecule has 0 amide bonds. The molecule has 0 unspecified atom stereocenters. The maximum Gasteiger partial charge on any atom is 0.126 e. The zero-order valence-electron chi connectivity index (χ0n) is 12.8. The number of nitrogens with zero attached hydrogens (tertiary/aromatic N) is 2. The molecule has 4 nitrogen and oxygen atoms in total. The van der Waals surface area contributed by atoms with Gasteiger partial charge in [0.05, 0.1) is 25.7 Å². The summed E-state index contributed by atoms with van der Waals surface area (Å²) in [5.41, 5.74) is 1.73. The highest BCUT2D eigenvalue weighted by Gasteiger charge is 2.19. The van der Waals surface area contributed by atoms with E-state index in [-0.39, 0.29) is 0 Å². The van der Waals surface area contributed by atoms with Crippen molar-refractivity contribution in [3.63, 3.8) is 0 Å². The van der Waals surface area contributed by atoms with E-state index in [0.717, 1.165) is 17.8 Å². The summed E-state index contributed by atoms with van der Waals surface area (Å²) in [4.78, 5) is 2.15. The van der Waals surface area contributed by atoms with Crippen molar-refractivity contribution >= 4 is 5.69 Å². The highest BCUT2D eigenvalue weighted by molar-refractivity contribution is 5.60. The second-order valence-corrected chi connectivity index (χ2v) is 5.32. The van der Waals surface area contributed by atoms with Crippen LogP contribution in [0.3, 0.4) is 0 Å². The molecule has 0 spiro atoms. The molecule has 0 heterocycles. The largest absolute Gasteiger partial charge is 0.496 e. The van der Waals surface area contributed by atoms with Crippen molar-refractivity contribution in [2.24, 2.45) is 5.92 Å². The van der Waals surface area contributed by atoms with Gasteiger partial charge in [-0.3, -0.25) is 0 Å². The van der Waals surface area contributed by atoms with Gasteiger partial charge < -0.3 is 14.7 Å². The SMILES string of the molecule is COc1cccc(N(CCC#N)CC(C)C)c1[C@H](C)O. The zero-order valence-corrected chi connectivity index (χ0v) is 12.8. The number of aliphatic hydroxyl groups is 1. The van der Waals surface area contributed by atoms with Crippen LogP contribution in [-0.4, -0.2) is 25.3 Å². The lowest BCUT2D eigenvalue weighted by atomic mass is 10.0. The quantitative estimate of drug-likeness (QED) is 0.831. The Morgan fingerprint density at radius 1 is 1.35 bits per heavy atom. The maximum atomic E-state index is 10.1. The Labute approximate surface area is 121 Å². The van der Waals surface area contributed by atoms with Crippen LogP contribution in [0.1, 0.15) is 38.9 Å². The molecule has 0 bridgehead atoms. The van der Waals surface area contributed by atoms with Gasteiger partial charge in [0, 0.05) is 24.3 Å². The van der Waals surface area contributed by atoms with Crippen molar-refractivity contribution in [1.82, 2.24) is 0 Å². The van der Waals surface area contributed by atoms with Gasteiger partial charge in [0.25, 0.3) is 0 Å². The molecule has 0 radical (unpaired) electrons. The van der Waals surface area contributed by atoms with Gasteiger partial charge >= 0.3 is 0 Å². The van der Waals surface area contributed by atoms with E-state index in [2.05, 4.69) is 24.8 Å². The summed E-state index contributed by atoms with van der Waals surface area (Å²) in [5, 5.41) is 18.9. The first-order valence-corrected chi connectivity index (χ1v) is 6.98. The minimum Gasteiger partial charge on any atom is -0.496 e. The molecule has 0 aliphatic heterocycles. The minimum absolute atomic E-state index is 0.461. The Balaban J connectivity index is 3.20. The summed E-state index contributed by atoms with van der Waals surface area (Å²) in [6.45, 7) is 7.51. The van der Waals surface area contributed by atoms with Crippen molar-refractivity contribution in [2.45, 2.75) is 33.3 Å². The van der Waals surface area contributed by atoms with E-state index in [1.807, 2.05) is 18.2 Å². The molecule has 0 aliphatic carbocycles. The van der Waals surface area contributed by atoms with Gasteiger partial charge in [-0.25, -0.2) is 0 Å². The molecule has 1 atom stereocenters. The van der Waals surface area contributed by atoms with E-state index in [4.69, 9.17) is 10.00 Å². The van der Waals surface area contributed by atoms with E-state index < -0.39 is 6.10 Å². The van der Waals surface area contributed by atoms with Crippen LogP contribution >= 0.6 is 0 Å². The smallest absolute Gasteiger partial charge is 0.126 e. The van der Waals surface area contributed by atoms with Crippen LogP contribution in [0.15, 0.2) is 18.2 Å². The number of ether oxygens (including phenoxy) is 1. The highest BCUT2D eigenvalue weighted by atomic mass is 16.5. The molecular weight excluding hydrogens is 252 g/mol. The second kappa shape index (κ2) is 7.76. The summed E-state index contributed by atoms with van der Waals surface area (Å²) < 4.78 is 5.36. The molecule has 0 aromatic heterocycles. The van der Waals surface area contributed by atoms with Crippen LogP contribution in [0.5, 0.6) is 5.75 Å². The van der Waals surface area contributed by atoms with Crippen molar-refractivity contribution in [2.75, 3.05) is 25.1 Å². The minimum atomic E-state index is -0.613. The molecule has 110 valence electrons. The van der Waals surface area contributed by atoms with Crippen molar-refractivity contribution in [1.29, 1.82) is 5.26 Å². The topological polar surface area (TPSA) is 56.5 Å². The Morgan fingerprint density at radius 2 is 2.05 bits per heavy atom. The first-order valence-electron chi connectivity index (χ1n) is 6.98. The number of aliphatic hydroxyl groups excluding tert-OH is 1. The van der Waals surface area contributed by atoms with Crippen molar-refractivity contribution < 1.29 is 9.84 Å². The van der Waals surface area contributed by atoms with Gasteiger partial charge in [0.2, 0.25) is 0 Å². The summed E-state index contributed by atoms with van der Waals surface area (Å²) in [7, 11) is 1.60. The van der Waals surface area contributed by atoms with Crippen LogP contribution in [-0.2, 0) is 0 Å². The van der Waals surface area contributed by atoms with Crippen molar-refractivity contribution in [3.05, 3.63) is 23.8 Å². The number of hydrogen-bond acceptors (Lipinski definition) is 4. The first kappa shape index (κ1) is 16.3. The van der Waals surface area contributed by atoms with Gasteiger partial charge in [-0.05, 0) is 25.0 Å². The predicted octanol–water partition coefficient (Wildman–Crippen LogP) is 3.12. The molecule has 1 aromatic carbocycles. The Bertz CT molecular complexity index is 464. The number of rotatable bonds is 7. The first-order chi connectivity index (χ1) is 9.51. The van der Waals surface area contributed by atoms with E-state index in [1.165, 1.54) is 0 Å². The number of nitriles is 1. The summed E-state index contributed by atoms with van der Waals surface area (Å²) >= 11 is 0. The Hall–Kier alpha value is -1.73. The van der Waals surface area contributed by atoms with E-state index in [9.17, 15) is 5.11 Å². The van der Waals surface area contributed by atoms with Crippen LogP contribution in [0.2, 0.25) is 0 Å². The van der Waals surface area contributed by atoms with Gasteiger partial charge in [-0.1, -0.05) is 19.9 Å². The van der Waals surface area contributed by atoms with Crippen LogP contribution in [0, 0.1) is 17.2 Å². The van der Waals surface area contributed by atoms with Gasteiger partial charge in [-0.2, -0.15) is 5.26 Å². The van der Waals surface area contributed by atoms with Crippen LogP contribution < -0.4 is 9.64 Å². The number of anilines is 1. The number of methoxy groups -OCH3 is 1. The zero-order chi connectivity index (χ0) is 15.1. The van der Waals surface area contributed by atoms with Gasteiger partial charge in [-0.15, -0.1) is 0 Å². The van der Waals surface area contributed by atoms with E-state index in [1.54, 1.807) is 14.0 Å². The lowest BCUT2D eigenvalue weighted by Gasteiger charge is -2.29. The average molecular weight is 276 g/mol. The molecule has 4 heteroatoms. The van der Waals surface area contributed by atoms with Crippen LogP contribution in [0.4, 0.5) is 5.69 Å². The summed E-state index contributed by atoms with van der Waals surface area (Å²) in [5.74, 6) is 1.16. The fourth-order valence-electron chi connectivity index (χ4n) is 2.34. The molecule has 1 N–H and O–H groups in total. The van der Waals surface area contributed by atoms with Gasteiger partial charge in [0.1, 0.15) is 5.75 Å². The van der Waals surface area contributed by atoms with Crippen LogP contribution in [0.25, 0.3) is 0 Å². The molecule has 20 heavy (non-hydrogen) atoms. The lowest BCUT2D eigenvalue weighted by Crippen LogP contribution is -2.29. The monoisotopic (exact) mass is 276 g/mol. The normalized spacial score (nSPS) is 12.1. The molecule has 0 fully saturated rings. The number of hydrogen-bond donors (Lipinski definition) is 1. The summed E-state index contributed by atoms with van der Waals surface area (Å²) in [6.07, 6.45) is -0.152. The van der Waals surface area contributed by atoms with E-state index >= 15 is 0 Å². The van der Waals surface area contributed by atoms with Crippen molar-refractivity contribution in [3.8, 4) is 11.8 Å². The van der Waals surface area contributed by atoms with E-state index in [0.29, 0.717) is 24.6 Å². The Kier molecular flexibility index (Phi) is 6.33. The molecule has 1 rings (SSSR count). The molecule has 0 aliphatic rings. The third-order valence-electron chi connectivity index (χ3n) is 3.10. The standard InChI is InChI=1S/C16H24N2O2/c1-12(2)11-18(10-6-9-17)14-7-5-8-15(20-4)16(14)13(3)19/h5,7-8,12-13,19H,6,10-11H2,1-4H3/t13-/m0/s1. The fourth-order valence-corrected chi connectivity index (χ4v) is 2.34. The molecular formula is C16H24N2O2. The number of benzene rings is 1. The maximum absolute atomic E-state index is 10.1. The summed E-state index contributed by atoms with van der Waals surface area (Å²) in [6, 6.07) is 7.93.